The van der Waals surface area contributed by atoms with Crippen LogP contribution in [0.2, 0.25) is 0 Å². The van der Waals surface area contributed by atoms with E-state index < -0.39 is 18.0 Å². The van der Waals surface area contributed by atoms with Crippen molar-refractivity contribution in [2.75, 3.05) is 12.3 Å². The number of aromatic carboxylic acids is 1. The number of rotatable bonds is 7. The minimum Gasteiger partial charge on any atom is -0.478 e. The molecule has 1 aromatic rings. The van der Waals surface area contributed by atoms with Gasteiger partial charge in [-0.1, -0.05) is 13.3 Å². The average molecular weight is 281 g/mol. The molecule has 0 aliphatic carbocycles. The van der Waals surface area contributed by atoms with Gasteiger partial charge in [0.25, 0.3) is 0 Å². The molecule has 0 radical (unpaired) electrons. The lowest BCUT2D eigenvalue weighted by Gasteiger charge is -2.18. The number of hydrogen-bond donors (Lipinski definition) is 2. The van der Waals surface area contributed by atoms with E-state index in [1.54, 1.807) is 6.92 Å². The highest BCUT2D eigenvalue weighted by molar-refractivity contribution is 5.92. The number of carbonyl (C=O) groups is 2. The quantitative estimate of drug-likeness (QED) is 0.586. The van der Waals surface area contributed by atoms with Crippen molar-refractivity contribution in [3.63, 3.8) is 0 Å². The molecule has 1 atom stereocenters. The molecule has 1 unspecified atom stereocenters. The zero-order chi connectivity index (χ0) is 15.1. The molecule has 0 saturated heterocycles. The molecule has 1 rings (SSSR count). The van der Waals surface area contributed by atoms with Gasteiger partial charge < -0.3 is 20.3 Å². The maximum Gasteiger partial charge on any atom is 0.347 e. The lowest BCUT2D eigenvalue weighted by atomic mass is 10.1. The van der Waals surface area contributed by atoms with Gasteiger partial charge in [-0.2, -0.15) is 0 Å². The zero-order valence-corrected chi connectivity index (χ0v) is 11.6. The van der Waals surface area contributed by atoms with Gasteiger partial charge in [-0.05, 0) is 31.5 Å². The minimum atomic E-state index is -1.16. The molecule has 3 N–H and O–H groups in total. The fourth-order valence-corrected chi connectivity index (χ4v) is 1.69. The fraction of sp³-hybridized carbons (Fsp3) is 0.429. The number of ether oxygens (including phenoxy) is 2. The van der Waals surface area contributed by atoms with Crippen LogP contribution in [0.4, 0.5) is 5.69 Å². The molecular weight excluding hydrogens is 262 g/mol. The van der Waals surface area contributed by atoms with Crippen molar-refractivity contribution in [2.45, 2.75) is 32.8 Å². The SMILES string of the molecule is CCCC(Oc1ccc(N)cc1C(=O)O)C(=O)OCC. The van der Waals surface area contributed by atoms with Crippen molar-refractivity contribution in [2.24, 2.45) is 0 Å². The first-order valence-electron chi connectivity index (χ1n) is 6.45. The number of benzene rings is 1. The van der Waals surface area contributed by atoms with Gasteiger partial charge >= 0.3 is 11.9 Å². The topological polar surface area (TPSA) is 98.9 Å². The number of carboxylic acid groups (broad SMARTS) is 1. The van der Waals surface area contributed by atoms with E-state index in [-0.39, 0.29) is 17.9 Å². The third-order valence-electron chi connectivity index (χ3n) is 2.60. The van der Waals surface area contributed by atoms with Crippen molar-refractivity contribution in [1.29, 1.82) is 0 Å². The Morgan fingerprint density at radius 1 is 1.35 bits per heavy atom. The lowest BCUT2D eigenvalue weighted by Crippen LogP contribution is -2.30. The maximum atomic E-state index is 11.8. The Kier molecular flexibility index (Phi) is 5.83. The summed E-state index contributed by atoms with van der Waals surface area (Å²) in [5, 5.41) is 9.12. The highest BCUT2D eigenvalue weighted by Crippen LogP contribution is 2.24. The molecule has 0 fully saturated rings. The molecule has 6 heteroatoms. The highest BCUT2D eigenvalue weighted by Gasteiger charge is 2.23. The van der Waals surface area contributed by atoms with E-state index in [1.807, 2.05) is 6.92 Å². The van der Waals surface area contributed by atoms with E-state index >= 15 is 0 Å². The largest absolute Gasteiger partial charge is 0.478 e. The Labute approximate surface area is 117 Å². The number of carbonyl (C=O) groups excluding carboxylic acids is 1. The second-order valence-corrected chi connectivity index (χ2v) is 4.21. The number of hydrogen-bond acceptors (Lipinski definition) is 5. The molecule has 6 nitrogen and oxygen atoms in total. The smallest absolute Gasteiger partial charge is 0.347 e. The zero-order valence-electron chi connectivity index (χ0n) is 11.6. The van der Waals surface area contributed by atoms with Gasteiger partial charge in [0, 0.05) is 5.69 Å². The van der Waals surface area contributed by atoms with Crippen LogP contribution in [0.3, 0.4) is 0 Å². The molecule has 0 aliphatic heterocycles. The van der Waals surface area contributed by atoms with Gasteiger partial charge in [0.1, 0.15) is 11.3 Å². The van der Waals surface area contributed by atoms with Crippen molar-refractivity contribution in [1.82, 2.24) is 0 Å². The van der Waals surface area contributed by atoms with E-state index in [0.717, 1.165) is 0 Å². The van der Waals surface area contributed by atoms with Gasteiger partial charge in [-0.15, -0.1) is 0 Å². The molecule has 0 saturated carbocycles. The van der Waals surface area contributed by atoms with E-state index in [2.05, 4.69) is 0 Å². The van der Waals surface area contributed by atoms with Crippen LogP contribution in [0.15, 0.2) is 18.2 Å². The minimum absolute atomic E-state index is 0.0737. The number of esters is 1. The van der Waals surface area contributed by atoms with Crippen LogP contribution >= 0.6 is 0 Å². The van der Waals surface area contributed by atoms with Gasteiger partial charge in [0.05, 0.1) is 6.61 Å². The summed E-state index contributed by atoms with van der Waals surface area (Å²) in [5.74, 6) is -1.55. The summed E-state index contributed by atoms with van der Waals surface area (Å²) in [7, 11) is 0. The van der Waals surface area contributed by atoms with Crippen LogP contribution in [0.1, 0.15) is 37.0 Å². The second kappa shape index (κ2) is 7.37. The molecule has 110 valence electrons. The number of nitrogens with two attached hydrogens (primary N) is 1. The molecule has 20 heavy (non-hydrogen) atoms. The van der Waals surface area contributed by atoms with Crippen LogP contribution in [-0.4, -0.2) is 29.8 Å². The Hall–Kier alpha value is -2.24. The number of carboxylic acids is 1. The summed E-state index contributed by atoms with van der Waals surface area (Å²) < 4.78 is 10.4. The number of anilines is 1. The van der Waals surface area contributed by atoms with Crippen LogP contribution < -0.4 is 10.5 Å². The monoisotopic (exact) mass is 281 g/mol. The van der Waals surface area contributed by atoms with E-state index in [9.17, 15) is 9.59 Å². The molecule has 0 aliphatic rings. The van der Waals surface area contributed by atoms with Crippen molar-refractivity contribution in [3.8, 4) is 5.75 Å². The third kappa shape index (κ3) is 4.15. The van der Waals surface area contributed by atoms with Gasteiger partial charge in [0.2, 0.25) is 0 Å². The van der Waals surface area contributed by atoms with Crippen LogP contribution in [-0.2, 0) is 9.53 Å². The molecular formula is C14H19NO5. The Balaban J connectivity index is 2.98. The molecule has 0 heterocycles. The summed E-state index contributed by atoms with van der Waals surface area (Å²) >= 11 is 0. The first-order chi connectivity index (χ1) is 9.49. The normalized spacial score (nSPS) is 11.7. The van der Waals surface area contributed by atoms with Crippen molar-refractivity contribution in [3.05, 3.63) is 23.8 Å². The lowest BCUT2D eigenvalue weighted by molar-refractivity contribution is -0.151. The van der Waals surface area contributed by atoms with Crippen LogP contribution in [0, 0.1) is 0 Å². The van der Waals surface area contributed by atoms with Gasteiger partial charge in [-0.3, -0.25) is 0 Å². The summed E-state index contributed by atoms with van der Waals surface area (Å²) in [6.45, 7) is 3.85. The van der Waals surface area contributed by atoms with E-state index in [1.165, 1.54) is 18.2 Å². The first kappa shape index (κ1) is 15.8. The van der Waals surface area contributed by atoms with Crippen molar-refractivity contribution < 1.29 is 24.2 Å². The summed E-state index contributed by atoms with van der Waals surface area (Å²) in [5.41, 5.74) is 5.80. The second-order valence-electron chi connectivity index (χ2n) is 4.21. The third-order valence-corrected chi connectivity index (χ3v) is 2.60. The Morgan fingerprint density at radius 2 is 2.05 bits per heavy atom. The average Bonchev–Trinajstić information content (AvgIpc) is 2.40. The molecule has 0 spiro atoms. The predicted molar refractivity (Wildman–Crippen MR) is 73.8 cm³/mol. The predicted octanol–water partition coefficient (Wildman–Crippen LogP) is 2.08. The van der Waals surface area contributed by atoms with Crippen LogP contribution in [0.5, 0.6) is 5.75 Å². The number of nitrogen functional groups attached to an aromatic ring is 1. The van der Waals surface area contributed by atoms with Gasteiger partial charge in [0.15, 0.2) is 6.10 Å². The maximum absolute atomic E-state index is 11.8. The van der Waals surface area contributed by atoms with E-state index in [0.29, 0.717) is 18.5 Å². The summed E-state index contributed by atoms with van der Waals surface area (Å²) in [4.78, 5) is 22.9. The molecule has 1 aromatic carbocycles. The molecule has 0 aromatic heterocycles. The Bertz CT molecular complexity index is 486. The first-order valence-corrected chi connectivity index (χ1v) is 6.45. The summed E-state index contributed by atoms with van der Waals surface area (Å²) in [6.07, 6.45) is 0.338. The molecule has 0 bridgehead atoms. The van der Waals surface area contributed by atoms with E-state index in [4.69, 9.17) is 20.3 Å². The van der Waals surface area contributed by atoms with Crippen LogP contribution in [0.25, 0.3) is 0 Å². The molecule has 0 amide bonds. The van der Waals surface area contributed by atoms with Crippen molar-refractivity contribution >= 4 is 17.6 Å². The van der Waals surface area contributed by atoms with Gasteiger partial charge in [-0.25, -0.2) is 9.59 Å². The fourth-order valence-electron chi connectivity index (χ4n) is 1.69. The standard InChI is InChI=1S/C14H19NO5/c1-3-5-12(14(18)19-4-2)20-11-7-6-9(15)8-10(11)13(16)17/h6-8,12H,3-5,15H2,1-2H3,(H,16,17). The Morgan fingerprint density at radius 3 is 2.60 bits per heavy atom. The summed E-state index contributed by atoms with van der Waals surface area (Å²) in [6, 6.07) is 4.27. The highest BCUT2D eigenvalue weighted by atomic mass is 16.6.